The maximum absolute atomic E-state index is 10.3. The molecule has 0 saturated heterocycles. The van der Waals surface area contributed by atoms with Gasteiger partial charge in [-0.2, -0.15) is 0 Å². The summed E-state index contributed by atoms with van der Waals surface area (Å²) in [5.74, 6) is -1.02. The number of hydrogen-bond acceptors (Lipinski definition) is 2. The molecule has 2 N–H and O–H groups in total. The fraction of sp³-hybridized carbons (Fsp3) is 0.167. The highest BCUT2D eigenvalue weighted by atomic mass is 35.5. The van der Waals surface area contributed by atoms with E-state index < -0.39 is 10.4 Å². The summed E-state index contributed by atoms with van der Waals surface area (Å²) in [5.41, 5.74) is 0.127. The SMILES string of the molecule is O=C(O)C1=CNC(Cl)(Cl)C=C1. The van der Waals surface area contributed by atoms with Crippen LogP contribution < -0.4 is 5.32 Å². The van der Waals surface area contributed by atoms with Crippen molar-refractivity contribution in [3.8, 4) is 0 Å². The van der Waals surface area contributed by atoms with Gasteiger partial charge in [0, 0.05) is 6.20 Å². The third-order valence-corrected chi connectivity index (χ3v) is 1.61. The molecule has 1 aliphatic heterocycles. The predicted octanol–water partition coefficient (Wildman–Crippen LogP) is 1.25. The Morgan fingerprint density at radius 3 is 2.64 bits per heavy atom. The second kappa shape index (κ2) is 2.75. The Morgan fingerprint density at radius 1 is 1.64 bits per heavy atom. The van der Waals surface area contributed by atoms with Crippen LogP contribution in [0.4, 0.5) is 0 Å². The van der Waals surface area contributed by atoms with Gasteiger partial charge in [-0.15, -0.1) is 0 Å². The third-order valence-electron chi connectivity index (χ3n) is 1.14. The summed E-state index contributed by atoms with van der Waals surface area (Å²) in [6.45, 7) is 0. The molecule has 5 heteroatoms. The number of carboxylic acids is 1. The van der Waals surface area contributed by atoms with Gasteiger partial charge < -0.3 is 10.4 Å². The van der Waals surface area contributed by atoms with Gasteiger partial charge in [0.25, 0.3) is 0 Å². The first-order valence-electron chi connectivity index (χ1n) is 2.79. The van der Waals surface area contributed by atoms with E-state index in [4.69, 9.17) is 28.3 Å². The lowest BCUT2D eigenvalue weighted by molar-refractivity contribution is -0.132. The van der Waals surface area contributed by atoms with E-state index in [9.17, 15) is 4.79 Å². The Balaban J connectivity index is 2.75. The van der Waals surface area contributed by atoms with Crippen LogP contribution in [0.15, 0.2) is 23.9 Å². The van der Waals surface area contributed by atoms with Crippen LogP contribution in [-0.2, 0) is 4.79 Å². The zero-order chi connectivity index (χ0) is 8.48. The van der Waals surface area contributed by atoms with Crippen molar-refractivity contribution in [1.82, 2.24) is 5.32 Å². The van der Waals surface area contributed by atoms with E-state index in [0.29, 0.717) is 0 Å². The Labute approximate surface area is 73.3 Å². The zero-order valence-electron chi connectivity index (χ0n) is 5.34. The molecule has 0 saturated carbocycles. The summed E-state index contributed by atoms with van der Waals surface area (Å²) in [6.07, 6.45) is 3.96. The summed E-state index contributed by atoms with van der Waals surface area (Å²) >= 11 is 11.1. The largest absolute Gasteiger partial charge is 0.478 e. The quantitative estimate of drug-likeness (QED) is 0.487. The Bertz CT molecular complexity index is 245. The lowest BCUT2D eigenvalue weighted by Crippen LogP contribution is -2.30. The van der Waals surface area contributed by atoms with Crippen LogP contribution in [0.1, 0.15) is 0 Å². The minimum atomic E-state index is -1.18. The highest BCUT2D eigenvalue weighted by Gasteiger charge is 2.22. The molecule has 3 nitrogen and oxygen atoms in total. The molecule has 0 amide bonds. The van der Waals surface area contributed by atoms with E-state index in [1.807, 2.05) is 0 Å². The highest BCUT2D eigenvalue weighted by Crippen LogP contribution is 2.22. The van der Waals surface area contributed by atoms with Crippen molar-refractivity contribution in [1.29, 1.82) is 0 Å². The fourth-order valence-corrected chi connectivity index (χ4v) is 0.833. The number of hydrogen-bond donors (Lipinski definition) is 2. The van der Waals surface area contributed by atoms with E-state index in [0.717, 1.165) is 0 Å². The second-order valence-electron chi connectivity index (χ2n) is 2.01. The molecule has 0 radical (unpaired) electrons. The molecule has 0 fully saturated rings. The summed E-state index contributed by atoms with van der Waals surface area (Å²) in [7, 11) is 0. The number of rotatable bonds is 1. The van der Waals surface area contributed by atoms with Crippen LogP contribution in [0, 0.1) is 0 Å². The molecule has 1 rings (SSSR count). The van der Waals surface area contributed by atoms with Crippen LogP contribution in [0.5, 0.6) is 0 Å². The molecule has 11 heavy (non-hydrogen) atoms. The number of nitrogens with one attached hydrogen (secondary N) is 1. The molecule has 0 atom stereocenters. The summed E-state index contributed by atoms with van der Waals surface area (Å²) in [4.78, 5) is 10.3. The van der Waals surface area contributed by atoms with Crippen molar-refractivity contribution in [3.05, 3.63) is 23.9 Å². The fourth-order valence-electron chi connectivity index (χ4n) is 0.598. The first-order chi connectivity index (χ1) is 5.01. The summed E-state index contributed by atoms with van der Waals surface area (Å²) in [5, 5.41) is 11.0. The molecule has 0 bridgehead atoms. The summed E-state index contributed by atoms with van der Waals surface area (Å²) in [6, 6.07) is 0. The van der Waals surface area contributed by atoms with Gasteiger partial charge in [-0.3, -0.25) is 0 Å². The molecule has 0 unspecified atom stereocenters. The van der Waals surface area contributed by atoms with Crippen LogP contribution in [-0.4, -0.2) is 15.5 Å². The standard InChI is InChI=1S/C6H5Cl2NO2/c7-6(8)2-1-4(3-9-6)5(10)11/h1-3,9H,(H,10,11). The molecular formula is C6H5Cl2NO2. The zero-order valence-corrected chi connectivity index (χ0v) is 6.86. The van der Waals surface area contributed by atoms with E-state index in [2.05, 4.69) is 5.32 Å². The maximum Gasteiger partial charge on any atom is 0.337 e. The molecule has 0 aromatic carbocycles. The van der Waals surface area contributed by atoms with Crippen molar-refractivity contribution < 1.29 is 9.90 Å². The number of aliphatic carboxylic acids is 1. The number of dihydropyridines is 1. The first kappa shape index (κ1) is 8.43. The van der Waals surface area contributed by atoms with Crippen molar-refractivity contribution in [3.63, 3.8) is 0 Å². The minimum Gasteiger partial charge on any atom is -0.478 e. The predicted molar refractivity (Wildman–Crippen MR) is 42.4 cm³/mol. The third kappa shape index (κ3) is 2.13. The van der Waals surface area contributed by atoms with Crippen LogP contribution in [0.25, 0.3) is 0 Å². The molecule has 1 heterocycles. The normalized spacial score (nSPS) is 20.4. The summed E-state index contributed by atoms with van der Waals surface area (Å²) < 4.78 is -1.18. The van der Waals surface area contributed by atoms with Gasteiger partial charge >= 0.3 is 5.97 Å². The van der Waals surface area contributed by atoms with Crippen molar-refractivity contribution >= 4 is 29.2 Å². The molecule has 0 spiro atoms. The minimum absolute atomic E-state index is 0.127. The van der Waals surface area contributed by atoms with Crippen molar-refractivity contribution in [2.24, 2.45) is 0 Å². The molecule has 0 aliphatic carbocycles. The van der Waals surface area contributed by atoms with Gasteiger partial charge in [0.05, 0.1) is 5.57 Å². The Hall–Kier alpha value is -0.670. The lowest BCUT2D eigenvalue weighted by atomic mass is 10.2. The highest BCUT2D eigenvalue weighted by molar-refractivity contribution is 6.49. The van der Waals surface area contributed by atoms with Gasteiger partial charge in [-0.1, -0.05) is 23.2 Å². The molecule has 0 aromatic heterocycles. The van der Waals surface area contributed by atoms with Gasteiger partial charge in [0.1, 0.15) is 0 Å². The van der Waals surface area contributed by atoms with Gasteiger partial charge in [0.15, 0.2) is 0 Å². The van der Waals surface area contributed by atoms with Gasteiger partial charge in [-0.25, -0.2) is 4.79 Å². The van der Waals surface area contributed by atoms with Crippen LogP contribution in [0.3, 0.4) is 0 Å². The van der Waals surface area contributed by atoms with E-state index >= 15 is 0 Å². The molecule has 1 aliphatic rings. The monoisotopic (exact) mass is 193 g/mol. The number of halogens is 2. The van der Waals surface area contributed by atoms with E-state index in [1.54, 1.807) is 0 Å². The smallest absolute Gasteiger partial charge is 0.337 e. The van der Waals surface area contributed by atoms with Crippen molar-refractivity contribution in [2.45, 2.75) is 4.46 Å². The number of alkyl halides is 2. The molecular weight excluding hydrogens is 189 g/mol. The maximum atomic E-state index is 10.3. The molecule has 60 valence electrons. The topological polar surface area (TPSA) is 49.3 Å². The van der Waals surface area contributed by atoms with Crippen LogP contribution in [0.2, 0.25) is 0 Å². The van der Waals surface area contributed by atoms with Crippen molar-refractivity contribution in [2.75, 3.05) is 0 Å². The Kier molecular flexibility index (Phi) is 2.11. The Morgan fingerprint density at radius 2 is 2.27 bits per heavy atom. The van der Waals surface area contributed by atoms with Gasteiger partial charge in [-0.05, 0) is 12.2 Å². The van der Waals surface area contributed by atoms with E-state index in [-0.39, 0.29) is 5.57 Å². The average Bonchev–Trinajstić information content (AvgIpc) is 1.86. The number of carbonyl (C=O) groups is 1. The number of carboxylic acid groups (broad SMARTS) is 1. The average molecular weight is 194 g/mol. The molecule has 0 aromatic rings. The van der Waals surface area contributed by atoms with Crippen LogP contribution >= 0.6 is 23.2 Å². The second-order valence-corrected chi connectivity index (χ2v) is 3.39. The lowest BCUT2D eigenvalue weighted by Gasteiger charge is -2.18. The van der Waals surface area contributed by atoms with Gasteiger partial charge in [0.2, 0.25) is 4.46 Å². The first-order valence-corrected chi connectivity index (χ1v) is 3.55. The van der Waals surface area contributed by atoms with E-state index in [1.165, 1.54) is 18.4 Å².